The third kappa shape index (κ3) is 5.14. The quantitative estimate of drug-likeness (QED) is 0.557. The topological polar surface area (TPSA) is 125 Å². The van der Waals surface area contributed by atoms with Gasteiger partial charge in [0.2, 0.25) is 5.91 Å². The van der Waals surface area contributed by atoms with E-state index in [1.807, 2.05) is 13.8 Å². The van der Waals surface area contributed by atoms with Gasteiger partial charge in [-0.3, -0.25) is 9.59 Å². The minimum atomic E-state index is -0.938. The van der Waals surface area contributed by atoms with Crippen LogP contribution in [0, 0.1) is 10.8 Å². The lowest BCUT2D eigenvalue weighted by Gasteiger charge is -2.31. The molecule has 0 saturated carbocycles. The summed E-state index contributed by atoms with van der Waals surface area (Å²) in [4.78, 5) is 34.4. The molecule has 2 aromatic heterocycles. The second-order valence-corrected chi connectivity index (χ2v) is 10.7. The van der Waals surface area contributed by atoms with Crippen molar-refractivity contribution in [3.8, 4) is 0 Å². The first-order valence-electron chi connectivity index (χ1n) is 11.3. The Bertz CT molecular complexity index is 1060. The number of anilines is 1. The molecule has 0 bridgehead atoms. The average molecular weight is 477 g/mol. The number of nitrogens with one attached hydrogen (secondary N) is 1. The zero-order chi connectivity index (χ0) is 25.4. The van der Waals surface area contributed by atoms with E-state index in [0.29, 0.717) is 23.0 Å². The summed E-state index contributed by atoms with van der Waals surface area (Å²) in [7, 11) is 3.00. The minimum absolute atomic E-state index is 0.0513. The number of methoxy groups -OCH3 is 2. The molecule has 1 aliphatic heterocycles. The van der Waals surface area contributed by atoms with Crippen LogP contribution < -0.4 is 5.32 Å². The van der Waals surface area contributed by atoms with E-state index < -0.39 is 30.0 Å². The molecule has 10 nitrogen and oxygen atoms in total. The molecule has 1 fully saturated rings. The van der Waals surface area contributed by atoms with Gasteiger partial charge < -0.3 is 29.2 Å². The summed E-state index contributed by atoms with van der Waals surface area (Å²) < 4.78 is 18.4. The zero-order valence-electron chi connectivity index (χ0n) is 21.2. The second kappa shape index (κ2) is 9.69. The van der Waals surface area contributed by atoms with Crippen LogP contribution in [0.15, 0.2) is 12.5 Å². The highest BCUT2D eigenvalue weighted by atomic mass is 16.6. The van der Waals surface area contributed by atoms with Crippen molar-refractivity contribution in [2.24, 2.45) is 10.8 Å². The Morgan fingerprint density at radius 2 is 1.88 bits per heavy atom. The maximum Gasteiger partial charge on any atom is 0.231 e. The maximum absolute atomic E-state index is 13.2. The Labute approximate surface area is 200 Å². The predicted octanol–water partition coefficient (Wildman–Crippen LogP) is 2.95. The molecule has 0 spiro atoms. The van der Waals surface area contributed by atoms with Gasteiger partial charge in [-0.05, 0) is 18.8 Å². The van der Waals surface area contributed by atoms with Gasteiger partial charge in [0.1, 0.15) is 36.1 Å². The number of nitrogens with zero attached hydrogens (tertiary/aromatic N) is 3. The molecular weight excluding hydrogens is 440 g/mol. The molecule has 0 radical (unpaired) electrons. The van der Waals surface area contributed by atoms with Crippen molar-refractivity contribution in [3.05, 3.63) is 18.1 Å². The fraction of sp³-hybridized carbons (Fsp3) is 0.667. The van der Waals surface area contributed by atoms with Crippen molar-refractivity contribution >= 4 is 28.5 Å². The van der Waals surface area contributed by atoms with Gasteiger partial charge in [0.15, 0.2) is 12.0 Å². The highest BCUT2D eigenvalue weighted by Gasteiger charge is 2.46. The van der Waals surface area contributed by atoms with Gasteiger partial charge in [-0.1, -0.05) is 34.6 Å². The average Bonchev–Trinajstić information content (AvgIpc) is 3.25. The molecule has 1 unspecified atom stereocenters. The summed E-state index contributed by atoms with van der Waals surface area (Å²) in [6, 6.07) is 0. The molecule has 2 N–H and O–H groups in total. The summed E-state index contributed by atoms with van der Waals surface area (Å²) in [5, 5.41) is 14.0. The SMILES string of the molecule is COC[C@H]1O[C@@H](n2cc(C(C)=O)c3c(NC(=O)C(C)(C)CC(C)(C)C)ncnc32)[C@@H](OC)C1O. The van der Waals surface area contributed by atoms with Crippen molar-refractivity contribution in [2.75, 3.05) is 26.1 Å². The number of carbonyl (C=O) groups is 2. The monoisotopic (exact) mass is 476 g/mol. The van der Waals surface area contributed by atoms with Gasteiger partial charge in [-0.15, -0.1) is 0 Å². The Kier molecular flexibility index (Phi) is 7.47. The number of aromatic nitrogens is 3. The van der Waals surface area contributed by atoms with Gasteiger partial charge >= 0.3 is 0 Å². The van der Waals surface area contributed by atoms with E-state index in [-0.39, 0.29) is 29.5 Å². The molecule has 3 heterocycles. The van der Waals surface area contributed by atoms with Crippen molar-refractivity contribution < 1.29 is 28.9 Å². The molecule has 2 aromatic rings. The lowest BCUT2D eigenvalue weighted by Crippen LogP contribution is -2.35. The number of hydrogen-bond acceptors (Lipinski definition) is 8. The second-order valence-electron chi connectivity index (χ2n) is 10.7. The summed E-state index contributed by atoms with van der Waals surface area (Å²) in [5.41, 5.74) is 0.00969. The summed E-state index contributed by atoms with van der Waals surface area (Å²) in [6.07, 6.45) is 0.571. The number of aliphatic hydroxyl groups is 1. The molecular formula is C24H36N4O6. The minimum Gasteiger partial charge on any atom is -0.387 e. The Morgan fingerprint density at radius 1 is 1.21 bits per heavy atom. The molecule has 4 atom stereocenters. The summed E-state index contributed by atoms with van der Waals surface area (Å²) in [6.45, 7) is 11.6. The number of fused-ring (bicyclic) bond motifs is 1. The number of hydrogen-bond donors (Lipinski definition) is 2. The Balaban J connectivity index is 2.06. The number of carbonyl (C=O) groups excluding carboxylic acids is 2. The van der Waals surface area contributed by atoms with Crippen LogP contribution in [0.2, 0.25) is 0 Å². The number of Topliss-reactive ketones (excluding diaryl/α,β-unsaturated/α-hetero) is 1. The van der Waals surface area contributed by atoms with Gasteiger partial charge in [-0.25, -0.2) is 9.97 Å². The maximum atomic E-state index is 13.2. The third-order valence-corrected chi connectivity index (χ3v) is 6.00. The number of amides is 1. The van der Waals surface area contributed by atoms with E-state index in [0.717, 1.165) is 0 Å². The molecule has 1 saturated heterocycles. The lowest BCUT2D eigenvalue weighted by molar-refractivity contribution is -0.125. The lowest BCUT2D eigenvalue weighted by atomic mass is 9.76. The van der Waals surface area contributed by atoms with Crippen LogP contribution in [0.4, 0.5) is 5.82 Å². The van der Waals surface area contributed by atoms with Gasteiger partial charge in [0.25, 0.3) is 0 Å². The number of ether oxygens (including phenoxy) is 3. The predicted molar refractivity (Wildman–Crippen MR) is 127 cm³/mol. The Hall–Kier alpha value is -2.40. The first-order valence-corrected chi connectivity index (χ1v) is 11.3. The van der Waals surface area contributed by atoms with Crippen LogP contribution in [-0.2, 0) is 19.0 Å². The highest BCUT2D eigenvalue weighted by molar-refractivity contribution is 6.12. The van der Waals surface area contributed by atoms with E-state index in [9.17, 15) is 14.7 Å². The normalized spacial score (nSPS) is 23.4. The fourth-order valence-corrected chi connectivity index (χ4v) is 4.82. The number of rotatable bonds is 8. The van der Waals surface area contributed by atoms with Crippen molar-refractivity contribution in [1.82, 2.24) is 14.5 Å². The summed E-state index contributed by atoms with van der Waals surface area (Å²) in [5.74, 6) is -0.169. The van der Waals surface area contributed by atoms with Crippen molar-refractivity contribution in [2.45, 2.75) is 72.5 Å². The van der Waals surface area contributed by atoms with Crippen LogP contribution in [-0.4, -0.2) is 70.5 Å². The largest absolute Gasteiger partial charge is 0.387 e. The van der Waals surface area contributed by atoms with Gasteiger partial charge in [0, 0.05) is 31.4 Å². The molecule has 0 aromatic carbocycles. The van der Waals surface area contributed by atoms with E-state index in [4.69, 9.17) is 14.2 Å². The van der Waals surface area contributed by atoms with E-state index >= 15 is 0 Å². The number of ketones is 1. The standard InChI is InChI=1S/C24H36N4O6/c1-13(29)14-9-28(21-18(33-8)17(30)15(34-21)10-32-7)20-16(14)19(25-12-26-20)27-22(31)24(5,6)11-23(2,3)4/h9,12,15,17-18,21,30H,10-11H2,1-8H3,(H,25,26,27,31)/t15-,17?,18+,21-/m1/s1. The van der Waals surface area contributed by atoms with Gasteiger partial charge in [0.05, 0.1) is 12.0 Å². The van der Waals surface area contributed by atoms with E-state index in [2.05, 4.69) is 36.1 Å². The molecule has 34 heavy (non-hydrogen) atoms. The van der Waals surface area contributed by atoms with Crippen LogP contribution in [0.25, 0.3) is 11.0 Å². The third-order valence-electron chi connectivity index (χ3n) is 6.00. The van der Waals surface area contributed by atoms with E-state index in [1.165, 1.54) is 27.5 Å². The van der Waals surface area contributed by atoms with Crippen LogP contribution in [0.1, 0.15) is 64.5 Å². The Morgan fingerprint density at radius 3 is 2.44 bits per heavy atom. The molecule has 188 valence electrons. The summed E-state index contributed by atoms with van der Waals surface area (Å²) >= 11 is 0. The molecule has 1 amide bonds. The molecule has 10 heteroatoms. The molecule has 1 aliphatic rings. The van der Waals surface area contributed by atoms with Crippen LogP contribution >= 0.6 is 0 Å². The molecule has 0 aliphatic carbocycles. The van der Waals surface area contributed by atoms with Gasteiger partial charge in [-0.2, -0.15) is 0 Å². The van der Waals surface area contributed by atoms with Crippen LogP contribution in [0.5, 0.6) is 0 Å². The number of aliphatic hydroxyl groups excluding tert-OH is 1. The highest BCUT2D eigenvalue weighted by Crippen LogP contribution is 2.38. The zero-order valence-corrected chi connectivity index (χ0v) is 21.2. The van der Waals surface area contributed by atoms with E-state index in [1.54, 1.807) is 10.8 Å². The molecule has 3 rings (SSSR count). The fourth-order valence-electron chi connectivity index (χ4n) is 4.82. The smallest absolute Gasteiger partial charge is 0.231 e. The van der Waals surface area contributed by atoms with Crippen molar-refractivity contribution in [1.29, 1.82) is 0 Å². The first-order chi connectivity index (χ1) is 15.8. The van der Waals surface area contributed by atoms with Crippen molar-refractivity contribution in [3.63, 3.8) is 0 Å². The first kappa shape index (κ1) is 26.2. The van der Waals surface area contributed by atoms with Crippen LogP contribution in [0.3, 0.4) is 0 Å².